The van der Waals surface area contributed by atoms with Crippen molar-refractivity contribution < 1.29 is 14.3 Å². The molecule has 0 aliphatic carbocycles. The van der Waals surface area contributed by atoms with Crippen LogP contribution in [-0.2, 0) is 20.7 Å². The average Bonchev–Trinajstić information content (AvgIpc) is 3.15. The molecule has 1 unspecified atom stereocenters. The number of hydrogen-bond donors (Lipinski definition) is 2. The second kappa shape index (κ2) is 6.28. The molecule has 2 atom stereocenters. The molecule has 3 N–H and O–H groups in total. The number of ether oxygens (including phenoxy) is 2. The van der Waals surface area contributed by atoms with E-state index in [4.69, 9.17) is 15.2 Å². The van der Waals surface area contributed by atoms with Gasteiger partial charge < -0.3 is 20.2 Å². The fourth-order valence-electron chi connectivity index (χ4n) is 2.64. The van der Waals surface area contributed by atoms with Gasteiger partial charge in [-0.25, -0.2) is 0 Å². The maximum Gasteiger partial charge on any atom is 0.323 e. The summed E-state index contributed by atoms with van der Waals surface area (Å²) < 4.78 is 10.6. The molecule has 2 heterocycles. The van der Waals surface area contributed by atoms with Crippen molar-refractivity contribution in [1.29, 1.82) is 0 Å². The van der Waals surface area contributed by atoms with Crippen molar-refractivity contribution in [1.82, 2.24) is 4.98 Å². The molecule has 1 aromatic carbocycles. The van der Waals surface area contributed by atoms with Crippen LogP contribution >= 0.6 is 0 Å². The highest BCUT2D eigenvalue weighted by molar-refractivity contribution is 5.84. The maximum absolute atomic E-state index is 12.0. The van der Waals surface area contributed by atoms with Crippen molar-refractivity contribution in [3.05, 3.63) is 36.0 Å². The lowest BCUT2D eigenvalue weighted by atomic mass is 10.1. The number of benzene rings is 1. The molecule has 1 aromatic heterocycles. The Balaban J connectivity index is 1.57. The molecule has 1 aliphatic heterocycles. The highest BCUT2D eigenvalue weighted by atomic mass is 16.5. The number of nitrogens with one attached hydrogen (secondary N) is 1. The first-order valence-electron chi connectivity index (χ1n) is 7.29. The first-order chi connectivity index (χ1) is 10.2. The molecule has 0 amide bonds. The Morgan fingerprint density at radius 3 is 3.14 bits per heavy atom. The van der Waals surface area contributed by atoms with Gasteiger partial charge in [-0.15, -0.1) is 0 Å². The highest BCUT2D eigenvalue weighted by Gasteiger charge is 2.21. The fourth-order valence-corrected chi connectivity index (χ4v) is 2.64. The summed E-state index contributed by atoms with van der Waals surface area (Å²) in [5, 5.41) is 1.10. The number of para-hydroxylation sites is 1. The molecule has 0 radical (unpaired) electrons. The van der Waals surface area contributed by atoms with Crippen LogP contribution in [0.4, 0.5) is 0 Å². The van der Waals surface area contributed by atoms with Gasteiger partial charge in [0.25, 0.3) is 0 Å². The molecule has 3 rings (SSSR count). The summed E-state index contributed by atoms with van der Waals surface area (Å²) in [7, 11) is 0. The number of carbonyl (C=O) groups is 1. The zero-order valence-corrected chi connectivity index (χ0v) is 11.9. The molecule has 1 fully saturated rings. The van der Waals surface area contributed by atoms with Crippen molar-refractivity contribution in [2.75, 3.05) is 19.8 Å². The van der Waals surface area contributed by atoms with Crippen LogP contribution < -0.4 is 5.73 Å². The van der Waals surface area contributed by atoms with Crippen LogP contribution in [0.15, 0.2) is 30.5 Å². The van der Waals surface area contributed by atoms with Crippen molar-refractivity contribution in [2.24, 2.45) is 11.7 Å². The van der Waals surface area contributed by atoms with E-state index in [1.165, 1.54) is 0 Å². The molecule has 2 aromatic rings. The summed E-state index contributed by atoms with van der Waals surface area (Å²) in [6, 6.07) is 7.34. The SMILES string of the molecule is N[C@@H](Cc1c[nH]c2ccccc12)C(=O)OCC1CCOC1. The third kappa shape index (κ3) is 3.25. The number of aromatic nitrogens is 1. The predicted octanol–water partition coefficient (Wildman–Crippen LogP) is 1.62. The van der Waals surface area contributed by atoms with Crippen LogP contribution in [0, 0.1) is 5.92 Å². The second-order valence-corrected chi connectivity index (χ2v) is 5.53. The molecular formula is C16H20N2O3. The summed E-state index contributed by atoms with van der Waals surface area (Å²) in [5.41, 5.74) is 8.06. The maximum atomic E-state index is 12.0. The van der Waals surface area contributed by atoms with Gasteiger partial charge in [0.05, 0.1) is 13.2 Å². The Morgan fingerprint density at radius 1 is 1.48 bits per heavy atom. The average molecular weight is 288 g/mol. The summed E-state index contributed by atoms with van der Waals surface area (Å²) in [6.07, 6.45) is 3.33. The van der Waals surface area contributed by atoms with E-state index in [1.54, 1.807) is 0 Å². The molecule has 1 saturated heterocycles. The van der Waals surface area contributed by atoms with Gasteiger partial charge in [0, 0.05) is 36.0 Å². The predicted molar refractivity (Wildman–Crippen MR) is 79.9 cm³/mol. The molecule has 112 valence electrons. The summed E-state index contributed by atoms with van der Waals surface area (Å²) in [6.45, 7) is 1.83. The second-order valence-electron chi connectivity index (χ2n) is 5.53. The highest BCUT2D eigenvalue weighted by Crippen LogP contribution is 2.19. The Morgan fingerprint density at radius 2 is 2.33 bits per heavy atom. The number of rotatable bonds is 5. The Hall–Kier alpha value is -1.85. The third-order valence-corrected chi connectivity index (χ3v) is 3.90. The lowest BCUT2D eigenvalue weighted by Gasteiger charge is -2.13. The molecule has 5 nitrogen and oxygen atoms in total. The zero-order valence-electron chi connectivity index (χ0n) is 11.9. The molecule has 1 aliphatic rings. The fraction of sp³-hybridized carbons (Fsp3) is 0.438. The van der Waals surface area contributed by atoms with E-state index in [-0.39, 0.29) is 5.97 Å². The van der Waals surface area contributed by atoms with Gasteiger partial charge in [0.2, 0.25) is 0 Å². The topological polar surface area (TPSA) is 77.3 Å². The van der Waals surface area contributed by atoms with Crippen LogP contribution in [0.25, 0.3) is 10.9 Å². The summed E-state index contributed by atoms with van der Waals surface area (Å²) in [5.74, 6) is -0.0265. The van der Waals surface area contributed by atoms with E-state index in [0.29, 0.717) is 25.6 Å². The van der Waals surface area contributed by atoms with Gasteiger partial charge in [-0.1, -0.05) is 18.2 Å². The molecule has 0 saturated carbocycles. The van der Waals surface area contributed by atoms with Gasteiger partial charge >= 0.3 is 5.97 Å². The van der Waals surface area contributed by atoms with E-state index in [0.717, 1.165) is 29.5 Å². The van der Waals surface area contributed by atoms with Crippen molar-refractivity contribution in [2.45, 2.75) is 18.9 Å². The minimum absolute atomic E-state index is 0.314. The standard InChI is InChI=1S/C16H20N2O3/c17-14(16(19)21-10-11-5-6-20-9-11)7-12-8-18-15-4-2-1-3-13(12)15/h1-4,8,11,14,18H,5-7,9-10,17H2/t11?,14-/m0/s1. The number of aromatic amines is 1. The number of nitrogens with two attached hydrogens (primary N) is 1. The monoisotopic (exact) mass is 288 g/mol. The van der Waals surface area contributed by atoms with Gasteiger partial charge in [-0.3, -0.25) is 4.79 Å². The van der Waals surface area contributed by atoms with Crippen molar-refractivity contribution in [3.63, 3.8) is 0 Å². The largest absolute Gasteiger partial charge is 0.464 e. The van der Waals surface area contributed by atoms with Crippen LogP contribution in [0.5, 0.6) is 0 Å². The zero-order chi connectivity index (χ0) is 14.7. The third-order valence-electron chi connectivity index (χ3n) is 3.90. The first kappa shape index (κ1) is 14.1. The summed E-state index contributed by atoms with van der Waals surface area (Å²) >= 11 is 0. The van der Waals surface area contributed by atoms with Crippen LogP contribution in [0.1, 0.15) is 12.0 Å². The van der Waals surface area contributed by atoms with Gasteiger partial charge in [0.1, 0.15) is 6.04 Å². The number of fused-ring (bicyclic) bond motifs is 1. The Labute approximate surface area is 123 Å². The number of esters is 1. The van der Waals surface area contributed by atoms with Crippen LogP contribution in [0.3, 0.4) is 0 Å². The van der Waals surface area contributed by atoms with E-state index in [1.807, 2.05) is 30.5 Å². The lowest BCUT2D eigenvalue weighted by molar-refractivity contribution is -0.146. The number of H-pyrrole nitrogens is 1. The van der Waals surface area contributed by atoms with Crippen LogP contribution in [-0.4, -0.2) is 36.8 Å². The van der Waals surface area contributed by atoms with Crippen LogP contribution in [0.2, 0.25) is 0 Å². The van der Waals surface area contributed by atoms with Crippen molar-refractivity contribution in [3.8, 4) is 0 Å². The normalized spacial score (nSPS) is 19.8. The van der Waals surface area contributed by atoms with E-state index in [9.17, 15) is 4.79 Å². The minimum Gasteiger partial charge on any atom is -0.464 e. The smallest absolute Gasteiger partial charge is 0.323 e. The number of carbonyl (C=O) groups excluding carboxylic acids is 1. The van der Waals surface area contributed by atoms with Crippen molar-refractivity contribution >= 4 is 16.9 Å². The molecule has 0 bridgehead atoms. The van der Waals surface area contributed by atoms with Gasteiger partial charge in [0.15, 0.2) is 0 Å². The first-order valence-corrected chi connectivity index (χ1v) is 7.29. The Bertz CT molecular complexity index is 617. The molecular weight excluding hydrogens is 268 g/mol. The minimum atomic E-state index is -0.633. The molecule has 5 heteroatoms. The number of hydrogen-bond acceptors (Lipinski definition) is 4. The van der Waals surface area contributed by atoms with E-state index < -0.39 is 6.04 Å². The quantitative estimate of drug-likeness (QED) is 0.820. The molecule has 0 spiro atoms. The Kier molecular flexibility index (Phi) is 4.22. The van der Waals surface area contributed by atoms with Gasteiger partial charge in [-0.2, -0.15) is 0 Å². The molecule has 21 heavy (non-hydrogen) atoms. The van der Waals surface area contributed by atoms with Gasteiger partial charge in [-0.05, 0) is 18.1 Å². The van der Waals surface area contributed by atoms with E-state index >= 15 is 0 Å². The van der Waals surface area contributed by atoms with E-state index in [2.05, 4.69) is 4.98 Å². The lowest BCUT2D eigenvalue weighted by Crippen LogP contribution is -2.35. The summed E-state index contributed by atoms with van der Waals surface area (Å²) in [4.78, 5) is 15.1.